The highest BCUT2D eigenvalue weighted by molar-refractivity contribution is 5.04. The Hall–Kier alpha value is -0.120. The van der Waals surface area contributed by atoms with Gasteiger partial charge >= 0.3 is 0 Å². The number of nitrogens with zero attached hydrogens (tertiary/aromatic N) is 1. The zero-order valence-corrected chi connectivity index (χ0v) is 12.5. The Bertz CT molecular complexity index is 267. The molecule has 1 N–H and O–H groups in total. The summed E-state index contributed by atoms with van der Waals surface area (Å²) in [4.78, 5) is 2.50. The van der Waals surface area contributed by atoms with Crippen molar-refractivity contribution >= 4 is 0 Å². The molecule has 3 atom stereocenters. The number of likely N-dealkylation sites (N-methyl/N-ethyl adjacent to an activating group) is 1. The van der Waals surface area contributed by atoms with Gasteiger partial charge in [-0.05, 0) is 39.7 Å². The summed E-state index contributed by atoms with van der Waals surface area (Å²) in [5.74, 6) is 0. The molecule has 3 nitrogen and oxygen atoms in total. The lowest BCUT2D eigenvalue weighted by Gasteiger charge is -2.54. The first-order valence-electron chi connectivity index (χ1n) is 7.67. The van der Waals surface area contributed by atoms with Gasteiger partial charge in [0.1, 0.15) is 0 Å². The van der Waals surface area contributed by atoms with E-state index >= 15 is 0 Å². The van der Waals surface area contributed by atoms with Gasteiger partial charge in [-0.2, -0.15) is 0 Å². The molecule has 2 aliphatic carbocycles. The van der Waals surface area contributed by atoms with E-state index in [1.54, 1.807) is 0 Å². The topological polar surface area (TPSA) is 24.5 Å². The monoisotopic (exact) mass is 254 g/mol. The highest BCUT2D eigenvalue weighted by Crippen LogP contribution is 2.45. The van der Waals surface area contributed by atoms with E-state index in [2.05, 4.69) is 38.0 Å². The number of ether oxygens (including phenoxy) is 1. The third-order valence-corrected chi connectivity index (χ3v) is 5.14. The normalized spacial score (nSPS) is 35.8. The fraction of sp³-hybridized carbons (Fsp3) is 1.00. The molecule has 0 aromatic carbocycles. The smallest absolute Gasteiger partial charge is 0.0658 e. The molecule has 0 radical (unpaired) electrons. The highest BCUT2D eigenvalue weighted by Gasteiger charge is 2.50. The van der Waals surface area contributed by atoms with E-state index in [0.717, 1.165) is 19.2 Å². The van der Waals surface area contributed by atoms with Crippen molar-refractivity contribution in [1.29, 1.82) is 0 Å². The molecule has 0 saturated heterocycles. The number of nitrogens with one attached hydrogen (secondary N) is 1. The van der Waals surface area contributed by atoms with Crippen molar-refractivity contribution in [2.24, 2.45) is 5.41 Å². The van der Waals surface area contributed by atoms with Crippen molar-refractivity contribution in [3.05, 3.63) is 0 Å². The van der Waals surface area contributed by atoms with Crippen LogP contribution in [-0.2, 0) is 4.74 Å². The van der Waals surface area contributed by atoms with E-state index in [4.69, 9.17) is 4.74 Å². The van der Waals surface area contributed by atoms with Gasteiger partial charge in [0.05, 0.1) is 6.10 Å². The van der Waals surface area contributed by atoms with Crippen molar-refractivity contribution in [2.75, 3.05) is 26.7 Å². The molecule has 0 aliphatic heterocycles. The van der Waals surface area contributed by atoms with Crippen LogP contribution in [0.1, 0.15) is 46.5 Å². The van der Waals surface area contributed by atoms with Gasteiger partial charge in [-0.25, -0.2) is 0 Å². The zero-order chi connectivity index (χ0) is 13.2. The van der Waals surface area contributed by atoms with Crippen LogP contribution in [0.15, 0.2) is 0 Å². The van der Waals surface area contributed by atoms with E-state index in [1.165, 1.54) is 32.2 Å². The van der Waals surface area contributed by atoms with Crippen LogP contribution in [0.5, 0.6) is 0 Å². The Morgan fingerprint density at radius 3 is 2.61 bits per heavy atom. The van der Waals surface area contributed by atoms with Crippen LogP contribution in [0.4, 0.5) is 0 Å². The quantitative estimate of drug-likeness (QED) is 0.719. The molecular formula is C15H30N2O. The molecule has 0 aromatic rings. The predicted octanol–water partition coefficient (Wildman–Crippen LogP) is 2.26. The summed E-state index contributed by atoms with van der Waals surface area (Å²) in [5.41, 5.74) is 0.341. The molecule has 3 heteroatoms. The molecule has 0 spiro atoms. The maximum absolute atomic E-state index is 5.84. The van der Waals surface area contributed by atoms with Crippen LogP contribution in [0, 0.1) is 5.41 Å². The molecule has 0 heterocycles. The number of rotatable bonds is 8. The number of hydrogen-bond acceptors (Lipinski definition) is 3. The summed E-state index contributed by atoms with van der Waals surface area (Å²) >= 11 is 0. The summed E-state index contributed by atoms with van der Waals surface area (Å²) in [5, 5.41) is 3.74. The number of hydrogen-bond donors (Lipinski definition) is 1. The highest BCUT2D eigenvalue weighted by atomic mass is 16.5. The fourth-order valence-electron chi connectivity index (χ4n) is 3.18. The van der Waals surface area contributed by atoms with E-state index < -0.39 is 0 Å². The second-order valence-corrected chi connectivity index (χ2v) is 6.26. The van der Waals surface area contributed by atoms with Gasteiger partial charge in [0.15, 0.2) is 0 Å². The summed E-state index contributed by atoms with van der Waals surface area (Å²) in [6.07, 6.45) is 5.66. The average molecular weight is 254 g/mol. The van der Waals surface area contributed by atoms with Gasteiger partial charge in [-0.15, -0.1) is 0 Å². The van der Waals surface area contributed by atoms with Gasteiger partial charge in [0.2, 0.25) is 0 Å². The molecular weight excluding hydrogens is 224 g/mol. The standard InChI is InChI=1S/C15H30N2O/c1-5-15(3)13(11-14(15)18-6-2)16-9-10-17(4)12-7-8-12/h12-14,16H,5-11H2,1-4H3. The first-order valence-corrected chi connectivity index (χ1v) is 7.67. The first kappa shape index (κ1) is 14.3. The minimum atomic E-state index is 0.341. The molecule has 106 valence electrons. The Labute approximate surface area is 112 Å². The third-order valence-electron chi connectivity index (χ3n) is 5.14. The Morgan fingerprint density at radius 1 is 1.33 bits per heavy atom. The minimum Gasteiger partial charge on any atom is -0.378 e. The third kappa shape index (κ3) is 2.89. The molecule has 2 aliphatic rings. The minimum absolute atomic E-state index is 0.341. The second-order valence-electron chi connectivity index (χ2n) is 6.26. The van der Waals surface area contributed by atoms with E-state index in [0.29, 0.717) is 17.6 Å². The van der Waals surface area contributed by atoms with Crippen molar-refractivity contribution in [3.8, 4) is 0 Å². The molecule has 0 bridgehead atoms. The molecule has 3 unspecified atom stereocenters. The van der Waals surface area contributed by atoms with Crippen LogP contribution in [0.3, 0.4) is 0 Å². The first-order chi connectivity index (χ1) is 8.61. The van der Waals surface area contributed by atoms with Crippen LogP contribution in [0.2, 0.25) is 0 Å². The summed E-state index contributed by atoms with van der Waals surface area (Å²) < 4.78 is 5.84. The molecule has 2 fully saturated rings. The van der Waals surface area contributed by atoms with E-state index in [1.807, 2.05) is 0 Å². The van der Waals surface area contributed by atoms with E-state index in [9.17, 15) is 0 Å². The van der Waals surface area contributed by atoms with E-state index in [-0.39, 0.29) is 0 Å². The van der Waals surface area contributed by atoms with Gasteiger partial charge in [0.25, 0.3) is 0 Å². The van der Waals surface area contributed by atoms with Crippen molar-refractivity contribution in [3.63, 3.8) is 0 Å². The van der Waals surface area contributed by atoms with Crippen molar-refractivity contribution < 1.29 is 4.74 Å². The van der Waals surface area contributed by atoms with Crippen LogP contribution >= 0.6 is 0 Å². The predicted molar refractivity (Wildman–Crippen MR) is 75.9 cm³/mol. The maximum atomic E-state index is 5.84. The second kappa shape index (κ2) is 5.89. The average Bonchev–Trinajstić information content (AvgIpc) is 3.19. The largest absolute Gasteiger partial charge is 0.378 e. The fourth-order valence-corrected chi connectivity index (χ4v) is 3.18. The van der Waals surface area contributed by atoms with Crippen LogP contribution < -0.4 is 5.32 Å². The van der Waals surface area contributed by atoms with Gasteiger partial charge in [0, 0.05) is 37.2 Å². The molecule has 18 heavy (non-hydrogen) atoms. The van der Waals surface area contributed by atoms with Crippen LogP contribution in [-0.4, -0.2) is 49.8 Å². The van der Waals surface area contributed by atoms with Gasteiger partial charge in [-0.1, -0.05) is 13.8 Å². The molecule has 0 aromatic heterocycles. The lowest BCUT2D eigenvalue weighted by atomic mass is 9.61. The summed E-state index contributed by atoms with van der Waals surface area (Å²) in [7, 11) is 2.25. The lowest BCUT2D eigenvalue weighted by Crippen LogP contribution is -2.62. The van der Waals surface area contributed by atoms with Crippen LogP contribution in [0.25, 0.3) is 0 Å². The van der Waals surface area contributed by atoms with Crippen molar-refractivity contribution in [1.82, 2.24) is 10.2 Å². The SMILES string of the molecule is CCOC1CC(NCCN(C)C2CC2)C1(C)CC. The summed E-state index contributed by atoms with van der Waals surface area (Å²) in [6, 6.07) is 1.52. The lowest BCUT2D eigenvalue weighted by molar-refractivity contribution is -0.125. The Kier molecular flexibility index (Phi) is 4.68. The van der Waals surface area contributed by atoms with Gasteiger partial charge in [-0.3, -0.25) is 0 Å². The maximum Gasteiger partial charge on any atom is 0.0658 e. The molecule has 2 saturated carbocycles. The Balaban J connectivity index is 1.69. The zero-order valence-electron chi connectivity index (χ0n) is 12.5. The van der Waals surface area contributed by atoms with Gasteiger partial charge < -0.3 is 15.0 Å². The Morgan fingerprint density at radius 2 is 2.06 bits per heavy atom. The summed E-state index contributed by atoms with van der Waals surface area (Å²) in [6.45, 7) is 9.90. The molecule has 0 amide bonds. The van der Waals surface area contributed by atoms with Crippen molar-refractivity contribution in [2.45, 2.75) is 64.6 Å². The molecule has 2 rings (SSSR count).